The molecule has 1 N–H and O–H groups in total. The number of aromatic nitrogens is 1. The van der Waals surface area contributed by atoms with E-state index in [-0.39, 0.29) is 19.1 Å². The van der Waals surface area contributed by atoms with Crippen molar-refractivity contribution in [2.75, 3.05) is 20.3 Å². The van der Waals surface area contributed by atoms with Crippen LogP contribution in [0.25, 0.3) is 0 Å². The van der Waals surface area contributed by atoms with Crippen molar-refractivity contribution in [3.8, 4) is 5.75 Å². The van der Waals surface area contributed by atoms with Crippen molar-refractivity contribution in [3.05, 3.63) is 59.9 Å². The molecule has 0 aliphatic heterocycles. The second-order valence-corrected chi connectivity index (χ2v) is 4.50. The Balaban J connectivity index is 2.21. The van der Waals surface area contributed by atoms with E-state index in [4.69, 9.17) is 4.74 Å². The van der Waals surface area contributed by atoms with Crippen LogP contribution in [-0.4, -0.2) is 41.2 Å². The minimum Gasteiger partial charge on any atom is -0.496 e. The van der Waals surface area contributed by atoms with Crippen LogP contribution >= 0.6 is 0 Å². The van der Waals surface area contributed by atoms with Crippen LogP contribution in [-0.2, 0) is 6.54 Å². The molecule has 0 unspecified atom stereocenters. The summed E-state index contributed by atoms with van der Waals surface area (Å²) >= 11 is 0. The van der Waals surface area contributed by atoms with Crippen molar-refractivity contribution in [2.45, 2.75) is 6.54 Å². The third-order valence-electron chi connectivity index (χ3n) is 3.14. The number of aliphatic hydroxyl groups is 1. The average molecular weight is 286 g/mol. The largest absolute Gasteiger partial charge is 0.496 e. The molecule has 1 amide bonds. The van der Waals surface area contributed by atoms with E-state index >= 15 is 0 Å². The van der Waals surface area contributed by atoms with Gasteiger partial charge in [-0.2, -0.15) is 0 Å². The van der Waals surface area contributed by atoms with Crippen molar-refractivity contribution in [1.82, 2.24) is 9.88 Å². The molecular weight excluding hydrogens is 268 g/mol. The van der Waals surface area contributed by atoms with Gasteiger partial charge < -0.3 is 14.7 Å². The maximum Gasteiger partial charge on any atom is 0.254 e. The summed E-state index contributed by atoms with van der Waals surface area (Å²) < 4.78 is 5.30. The fraction of sp³-hybridized carbons (Fsp3) is 0.250. The van der Waals surface area contributed by atoms with E-state index in [0.717, 1.165) is 11.3 Å². The Morgan fingerprint density at radius 2 is 1.95 bits per heavy atom. The molecule has 0 saturated carbocycles. The van der Waals surface area contributed by atoms with E-state index < -0.39 is 0 Å². The molecule has 2 aromatic rings. The quantitative estimate of drug-likeness (QED) is 0.878. The maximum absolute atomic E-state index is 12.5. The number of para-hydroxylation sites is 1. The van der Waals surface area contributed by atoms with Gasteiger partial charge >= 0.3 is 0 Å². The summed E-state index contributed by atoms with van der Waals surface area (Å²) in [7, 11) is 1.60. The molecule has 0 fully saturated rings. The number of pyridine rings is 1. The van der Waals surface area contributed by atoms with Gasteiger partial charge in [-0.1, -0.05) is 18.2 Å². The van der Waals surface area contributed by atoms with Crippen LogP contribution in [0.15, 0.2) is 48.8 Å². The minimum atomic E-state index is -0.141. The molecule has 1 aromatic heterocycles. The van der Waals surface area contributed by atoms with E-state index in [1.54, 1.807) is 36.5 Å². The molecule has 2 rings (SSSR count). The third-order valence-corrected chi connectivity index (χ3v) is 3.14. The zero-order chi connectivity index (χ0) is 15.1. The standard InChI is InChI=1S/C16H18N2O3/c1-21-15-5-3-2-4-14(15)12-18(10-11-19)16(20)13-6-8-17-9-7-13/h2-9,19H,10-12H2,1H3. The first-order valence-corrected chi connectivity index (χ1v) is 6.68. The van der Waals surface area contributed by atoms with Gasteiger partial charge in [0.2, 0.25) is 0 Å². The second-order valence-electron chi connectivity index (χ2n) is 4.50. The summed E-state index contributed by atoms with van der Waals surface area (Å²) in [4.78, 5) is 18.0. The van der Waals surface area contributed by atoms with E-state index in [0.29, 0.717) is 12.1 Å². The molecule has 0 bridgehead atoms. The van der Waals surface area contributed by atoms with Gasteiger partial charge in [0.1, 0.15) is 5.75 Å². The van der Waals surface area contributed by atoms with Gasteiger partial charge in [0.25, 0.3) is 5.91 Å². The first-order valence-electron chi connectivity index (χ1n) is 6.68. The number of ether oxygens (including phenoxy) is 1. The number of hydrogen-bond acceptors (Lipinski definition) is 4. The number of carbonyl (C=O) groups is 1. The fourth-order valence-electron chi connectivity index (χ4n) is 2.09. The Hall–Kier alpha value is -2.40. The number of nitrogens with zero attached hydrogens (tertiary/aromatic N) is 2. The zero-order valence-corrected chi connectivity index (χ0v) is 11.9. The summed E-state index contributed by atoms with van der Waals surface area (Å²) in [5.41, 5.74) is 1.45. The van der Waals surface area contributed by atoms with Crippen LogP contribution < -0.4 is 4.74 Å². The summed E-state index contributed by atoms with van der Waals surface area (Å²) in [5.74, 6) is 0.584. The summed E-state index contributed by atoms with van der Waals surface area (Å²) in [6.07, 6.45) is 3.15. The summed E-state index contributed by atoms with van der Waals surface area (Å²) in [6.45, 7) is 0.552. The number of rotatable bonds is 6. The zero-order valence-electron chi connectivity index (χ0n) is 11.9. The highest BCUT2D eigenvalue weighted by Gasteiger charge is 2.17. The molecule has 0 atom stereocenters. The topological polar surface area (TPSA) is 62.7 Å². The Kier molecular flexibility index (Phi) is 5.29. The number of amides is 1. The lowest BCUT2D eigenvalue weighted by atomic mass is 10.1. The van der Waals surface area contributed by atoms with Crippen molar-refractivity contribution in [2.24, 2.45) is 0 Å². The molecule has 5 nitrogen and oxygen atoms in total. The second kappa shape index (κ2) is 7.40. The highest BCUT2D eigenvalue weighted by atomic mass is 16.5. The molecule has 0 aliphatic rings. The minimum absolute atomic E-state index is 0.0913. The molecule has 0 saturated heterocycles. The fourth-order valence-corrected chi connectivity index (χ4v) is 2.09. The molecule has 21 heavy (non-hydrogen) atoms. The van der Waals surface area contributed by atoms with Crippen LogP contribution in [0.5, 0.6) is 5.75 Å². The Morgan fingerprint density at radius 3 is 2.62 bits per heavy atom. The number of carbonyl (C=O) groups excluding carboxylic acids is 1. The van der Waals surface area contributed by atoms with Crippen LogP contribution in [0.4, 0.5) is 0 Å². The van der Waals surface area contributed by atoms with Crippen molar-refractivity contribution in [3.63, 3.8) is 0 Å². The number of hydrogen-bond donors (Lipinski definition) is 1. The van der Waals surface area contributed by atoms with Crippen molar-refractivity contribution in [1.29, 1.82) is 0 Å². The van der Waals surface area contributed by atoms with Crippen molar-refractivity contribution >= 4 is 5.91 Å². The molecular formula is C16H18N2O3. The molecule has 0 spiro atoms. The molecule has 0 aliphatic carbocycles. The maximum atomic E-state index is 12.5. The SMILES string of the molecule is COc1ccccc1CN(CCO)C(=O)c1ccncc1. The summed E-state index contributed by atoms with van der Waals surface area (Å²) in [6, 6.07) is 10.9. The van der Waals surface area contributed by atoms with Gasteiger partial charge in [0, 0.05) is 36.6 Å². The van der Waals surface area contributed by atoms with Gasteiger partial charge in [0.15, 0.2) is 0 Å². The van der Waals surface area contributed by atoms with E-state index in [2.05, 4.69) is 4.98 Å². The average Bonchev–Trinajstić information content (AvgIpc) is 2.55. The smallest absolute Gasteiger partial charge is 0.254 e. The van der Waals surface area contributed by atoms with Gasteiger partial charge in [-0.3, -0.25) is 9.78 Å². The first kappa shape index (κ1) is 15.0. The van der Waals surface area contributed by atoms with Crippen LogP contribution in [0.3, 0.4) is 0 Å². The molecule has 110 valence electrons. The lowest BCUT2D eigenvalue weighted by Gasteiger charge is -2.23. The van der Waals surface area contributed by atoms with Crippen LogP contribution in [0, 0.1) is 0 Å². The van der Waals surface area contributed by atoms with E-state index in [9.17, 15) is 9.90 Å². The number of methoxy groups -OCH3 is 1. The van der Waals surface area contributed by atoms with Crippen LogP contribution in [0.2, 0.25) is 0 Å². The Bertz CT molecular complexity index is 587. The number of benzene rings is 1. The van der Waals surface area contributed by atoms with Gasteiger partial charge in [0.05, 0.1) is 13.7 Å². The third kappa shape index (κ3) is 3.79. The van der Waals surface area contributed by atoms with Crippen molar-refractivity contribution < 1.29 is 14.6 Å². The lowest BCUT2D eigenvalue weighted by molar-refractivity contribution is 0.0706. The highest BCUT2D eigenvalue weighted by Crippen LogP contribution is 2.20. The predicted octanol–water partition coefficient (Wildman–Crippen LogP) is 1.72. The number of aliphatic hydroxyl groups excluding tert-OH is 1. The van der Waals surface area contributed by atoms with Gasteiger partial charge in [-0.05, 0) is 18.2 Å². The Morgan fingerprint density at radius 1 is 1.24 bits per heavy atom. The molecule has 1 heterocycles. The van der Waals surface area contributed by atoms with E-state index in [1.165, 1.54) is 0 Å². The normalized spacial score (nSPS) is 10.2. The molecule has 1 aromatic carbocycles. The molecule has 0 radical (unpaired) electrons. The monoisotopic (exact) mass is 286 g/mol. The highest BCUT2D eigenvalue weighted by molar-refractivity contribution is 5.94. The van der Waals surface area contributed by atoms with Gasteiger partial charge in [-0.15, -0.1) is 0 Å². The van der Waals surface area contributed by atoms with E-state index in [1.807, 2.05) is 24.3 Å². The first-order chi connectivity index (χ1) is 10.3. The lowest BCUT2D eigenvalue weighted by Crippen LogP contribution is -2.33. The Labute approximate surface area is 123 Å². The predicted molar refractivity (Wildman–Crippen MR) is 79.1 cm³/mol. The summed E-state index contributed by atoms with van der Waals surface area (Å²) in [5, 5.41) is 9.20. The molecule has 5 heteroatoms. The van der Waals surface area contributed by atoms with Crippen LogP contribution in [0.1, 0.15) is 15.9 Å². The van der Waals surface area contributed by atoms with Gasteiger partial charge in [-0.25, -0.2) is 0 Å².